The van der Waals surface area contributed by atoms with Gasteiger partial charge in [0.05, 0.1) is 5.69 Å². The van der Waals surface area contributed by atoms with Gasteiger partial charge in [0.2, 0.25) is 11.8 Å². The molecule has 0 unspecified atom stereocenters. The number of carbonyl (C=O) groups excluding carboxylic acids is 2. The zero-order valence-corrected chi connectivity index (χ0v) is 16.5. The highest BCUT2D eigenvalue weighted by molar-refractivity contribution is 8.76. The fourth-order valence-corrected chi connectivity index (χ4v) is 4.05. The highest BCUT2D eigenvalue weighted by atomic mass is 33.1. The fourth-order valence-electron chi connectivity index (χ4n) is 2.07. The number of carbonyl (C=O) groups is 2. The summed E-state index contributed by atoms with van der Waals surface area (Å²) in [6.07, 6.45) is 0.712. The minimum atomic E-state index is -0.113. The van der Waals surface area contributed by atoms with Gasteiger partial charge in [-0.1, -0.05) is 21.6 Å². The number of hydrogen-bond donors (Lipinski definition) is 4. The van der Waals surface area contributed by atoms with E-state index in [9.17, 15) is 14.5 Å². The lowest BCUT2D eigenvalue weighted by molar-refractivity contribution is -0.116. The number of hydrogen-bond acceptors (Lipinski definition) is 8. The first kappa shape index (κ1) is 21.7. The molecule has 0 heterocycles. The second-order valence-corrected chi connectivity index (χ2v) is 8.27. The molecule has 0 aliphatic rings. The van der Waals surface area contributed by atoms with Crippen molar-refractivity contribution in [2.75, 3.05) is 27.6 Å². The fraction of sp³-hybridized carbons (Fsp3) is 0.222. The molecule has 28 heavy (non-hydrogen) atoms. The van der Waals surface area contributed by atoms with E-state index < -0.39 is 0 Å². The van der Waals surface area contributed by atoms with E-state index in [1.54, 1.807) is 36.4 Å². The molecule has 0 fully saturated rings. The molecule has 148 valence electrons. The maximum atomic E-state index is 11.9. The average Bonchev–Trinajstić information content (AvgIpc) is 2.71. The second kappa shape index (κ2) is 12.0. The van der Waals surface area contributed by atoms with Gasteiger partial charge in [-0.25, -0.2) is 0 Å². The third-order valence-corrected chi connectivity index (χ3v) is 5.87. The summed E-state index contributed by atoms with van der Waals surface area (Å²) in [4.78, 5) is 34.1. The Bertz CT molecular complexity index is 785. The first-order chi connectivity index (χ1) is 13.6. The summed E-state index contributed by atoms with van der Waals surface area (Å²) < 4.78 is 0. The van der Waals surface area contributed by atoms with Crippen LogP contribution in [0.4, 0.5) is 22.7 Å². The molecule has 0 saturated carbocycles. The zero-order chi connectivity index (χ0) is 20.2. The molecule has 4 N–H and O–H groups in total. The van der Waals surface area contributed by atoms with Crippen LogP contribution in [0.1, 0.15) is 12.8 Å². The molecule has 2 aromatic rings. The number of anilines is 3. The largest absolute Gasteiger partial charge is 0.326 e. The van der Waals surface area contributed by atoms with Crippen LogP contribution in [-0.4, -0.2) is 28.5 Å². The summed E-state index contributed by atoms with van der Waals surface area (Å²) in [5.41, 5.74) is 4.17. The zero-order valence-electron chi connectivity index (χ0n) is 14.9. The second-order valence-electron chi connectivity index (χ2n) is 5.57. The smallest absolute Gasteiger partial charge is 0.225 e. The van der Waals surface area contributed by atoms with Crippen molar-refractivity contribution >= 4 is 56.2 Å². The Hall–Kier alpha value is -2.56. The maximum Gasteiger partial charge on any atom is 0.225 e. The van der Waals surface area contributed by atoms with E-state index in [-0.39, 0.29) is 11.8 Å². The first-order valence-electron chi connectivity index (χ1n) is 8.38. The van der Waals surface area contributed by atoms with Crippen LogP contribution in [0.15, 0.2) is 53.7 Å². The van der Waals surface area contributed by atoms with E-state index in [0.29, 0.717) is 47.1 Å². The van der Waals surface area contributed by atoms with E-state index >= 15 is 0 Å². The van der Waals surface area contributed by atoms with Crippen molar-refractivity contribution in [2.24, 2.45) is 5.18 Å². The van der Waals surface area contributed by atoms with Gasteiger partial charge < -0.3 is 10.6 Å². The van der Waals surface area contributed by atoms with Gasteiger partial charge in [-0.15, -0.1) is 4.91 Å². The molecule has 0 spiro atoms. The van der Waals surface area contributed by atoms with Gasteiger partial charge in [0.25, 0.3) is 0 Å². The number of rotatable bonds is 11. The predicted octanol–water partition coefficient (Wildman–Crippen LogP) is 4.62. The third kappa shape index (κ3) is 7.99. The van der Waals surface area contributed by atoms with Gasteiger partial charge in [-0.05, 0) is 53.7 Å². The van der Waals surface area contributed by atoms with Crippen molar-refractivity contribution in [1.29, 1.82) is 0 Å². The number of benzene rings is 2. The number of nitrogens with one attached hydrogen (secondary N) is 3. The summed E-state index contributed by atoms with van der Waals surface area (Å²) in [5, 5.41) is 17.1. The Kier molecular flexibility index (Phi) is 9.32. The summed E-state index contributed by atoms with van der Waals surface area (Å²) in [5.74, 6) is 1.05. The Balaban J connectivity index is 1.54. The van der Waals surface area contributed by atoms with Crippen LogP contribution in [-0.2, 0) is 9.59 Å². The number of amides is 2. The predicted molar refractivity (Wildman–Crippen MR) is 115 cm³/mol. The molecule has 2 aromatic carbocycles. The lowest BCUT2D eigenvalue weighted by Gasteiger charge is -2.06. The Labute approximate surface area is 170 Å². The molecule has 0 radical (unpaired) electrons. The van der Waals surface area contributed by atoms with E-state index in [1.165, 1.54) is 33.7 Å². The highest BCUT2D eigenvalue weighted by Gasteiger charge is 2.05. The standard InChI is InChI=1S/C18H20N4O4S2/c23-17(19-13-1-5-15(21-25)6-2-13)9-11-27-28-12-10-18(24)20-14-3-7-16(22-26)8-4-14/h1-8,21,25H,9-12H2,(H,19,23)(H,20,24). The number of nitrogens with zero attached hydrogens (tertiary/aromatic N) is 1. The summed E-state index contributed by atoms with van der Waals surface area (Å²) >= 11 is 0. The minimum absolute atomic E-state index is 0.0937. The van der Waals surface area contributed by atoms with Crippen LogP contribution in [0, 0.1) is 4.91 Å². The lowest BCUT2D eigenvalue weighted by Crippen LogP contribution is -2.12. The van der Waals surface area contributed by atoms with Crippen molar-refractivity contribution in [2.45, 2.75) is 12.8 Å². The molecule has 0 bridgehead atoms. The van der Waals surface area contributed by atoms with Crippen LogP contribution < -0.4 is 16.1 Å². The Morgan fingerprint density at radius 2 is 1.21 bits per heavy atom. The molecule has 2 amide bonds. The van der Waals surface area contributed by atoms with Gasteiger partial charge in [0.15, 0.2) is 0 Å². The molecule has 0 aliphatic carbocycles. The monoisotopic (exact) mass is 420 g/mol. The normalized spacial score (nSPS) is 10.2. The van der Waals surface area contributed by atoms with Crippen LogP contribution in [0.2, 0.25) is 0 Å². The summed E-state index contributed by atoms with van der Waals surface area (Å²) in [6, 6.07) is 13.0. The third-order valence-electron chi connectivity index (χ3n) is 3.46. The van der Waals surface area contributed by atoms with Crippen molar-refractivity contribution in [3.63, 3.8) is 0 Å². The van der Waals surface area contributed by atoms with Crippen molar-refractivity contribution < 1.29 is 14.8 Å². The summed E-state index contributed by atoms with van der Waals surface area (Å²) in [7, 11) is 3.07. The van der Waals surface area contributed by atoms with E-state index in [4.69, 9.17) is 5.21 Å². The topological polar surface area (TPSA) is 120 Å². The van der Waals surface area contributed by atoms with Gasteiger partial charge in [-0.2, -0.15) is 0 Å². The van der Waals surface area contributed by atoms with Crippen molar-refractivity contribution in [3.05, 3.63) is 53.4 Å². The Morgan fingerprint density at radius 1 is 0.786 bits per heavy atom. The molecule has 0 aliphatic heterocycles. The molecular formula is C18H20N4O4S2. The summed E-state index contributed by atoms with van der Waals surface area (Å²) in [6.45, 7) is 0. The average molecular weight is 421 g/mol. The number of nitroso groups, excluding NO2 is 1. The van der Waals surface area contributed by atoms with Crippen molar-refractivity contribution in [3.8, 4) is 0 Å². The molecule has 0 atom stereocenters. The van der Waals surface area contributed by atoms with Crippen LogP contribution in [0.5, 0.6) is 0 Å². The van der Waals surface area contributed by atoms with E-state index in [0.717, 1.165) is 0 Å². The van der Waals surface area contributed by atoms with Gasteiger partial charge in [0.1, 0.15) is 5.69 Å². The molecule has 2 rings (SSSR count). The molecule has 0 saturated heterocycles. The van der Waals surface area contributed by atoms with Crippen LogP contribution >= 0.6 is 21.6 Å². The highest BCUT2D eigenvalue weighted by Crippen LogP contribution is 2.23. The molecule has 10 heteroatoms. The quantitative estimate of drug-likeness (QED) is 0.181. The van der Waals surface area contributed by atoms with E-state index in [2.05, 4.69) is 15.8 Å². The van der Waals surface area contributed by atoms with E-state index in [1.807, 2.05) is 5.48 Å². The minimum Gasteiger partial charge on any atom is -0.326 e. The molecule has 8 nitrogen and oxygen atoms in total. The van der Waals surface area contributed by atoms with Crippen LogP contribution in [0.3, 0.4) is 0 Å². The van der Waals surface area contributed by atoms with Gasteiger partial charge in [-0.3, -0.25) is 20.3 Å². The SMILES string of the molecule is O=Nc1ccc(NC(=O)CCSSCCC(=O)Nc2ccc(NO)cc2)cc1. The maximum absolute atomic E-state index is 11.9. The molecule has 0 aromatic heterocycles. The van der Waals surface area contributed by atoms with Gasteiger partial charge >= 0.3 is 0 Å². The molecular weight excluding hydrogens is 400 g/mol. The first-order valence-corrected chi connectivity index (χ1v) is 10.9. The van der Waals surface area contributed by atoms with Gasteiger partial charge in [0, 0.05) is 35.7 Å². The lowest BCUT2D eigenvalue weighted by atomic mass is 10.3. The van der Waals surface area contributed by atoms with Crippen molar-refractivity contribution in [1.82, 2.24) is 0 Å². The van der Waals surface area contributed by atoms with Crippen LogP contribution in [0.25, 0.3) is 0 Å². The Morgan fingerprint density at radius 3 is 1.64 bits per heavy atom.